The summed E-state index contributed by atoms with van der Waals surface area (Å²) < 4.78 is 13.2. The number of rotatable bonds is 1. The van der Waals surface area contributed by atoms with E-state index in [9.17, 15) is 9.50 Å². The van der Waals surface area contributed by atoms with Crippen LogP contribution in [0.2, 0.25) is 0 Å². The van der Waals surface area contributed by atoms with Gasteiger partial charge in [-0.25, -0.2) is 4.39 Å². The molecule has 1 aromatic carbocycles. The summed E-state index contributed by atoms with van der Waals surface area (Å²) in [6.07, 6.45) is 0.565. The van der Waals surface area contributed by atoms with E-state index in [1.165, 1.54) is 12.1 Å². The molecule has 0 radical (unpaired) electrons. The highest BCUT2D eigenvalue weighted by Gasteiger charge is 2.24. The maximum atomic E-state index is 13.2. The average molecular weight is 224 g/mol. The molecular weight excluding hydrogens is 207 g/mol. The molecule has 1 fully saturated rings. The van der Waals surface area contributed by atoms with Gasteiger partial charge in [0.1, 0.15) is 5.82 Å². The topological polar surface area (TPSA) is 49.5 Å². The van der Waals surface area contributed by atoms with Crippen LogP contribution in [-0.4, -0.2) is 24.3 Å². The van der Waals surface area contributed by atoms with Crippen LogP contribution in [0.15, 0.2) is 18.2 Å². The average Bonchev–Trinajstić information content (AvgIpc) is 2.20. The van der Waals surface area contributed by atoms with E-state index >= 15 is 0 Å². The van der Waals surface area contributed by atoms with E-state index in [0.717, 1.165) is 18.7 Å². The number of benzene rings is 1. The first-order valence-corrected chi connectivity index (χ1v) is 5.55. The van der Waals surface area contributed by atoms with Gasteiger partial charge < -0.3 is 15.7 Å². The third-order valence-corrected chi connectivity index (χ3v) is 3.19. The predicted octanol–water partition coefficient (Wildman–Crippen LogP) is 1.61. The zero-order valence-electron chi connectivity index (χ0n) is 9.36. The van der Waals surface area contributed by atoms with Crippen molar-refractivity contribution in [2.24, 2.45) is 5.92 Å². The molecule has 1 aliphatic heterocycles. The van der Waals surface area contributed by atoms with Gasteiger partial charge in [-0.2, -0.15) is 0 Å². The lowest BCUT2D eigenvalue weighted by atomic mass is 9.95. The number of hydrogen-bond acceptors (Lipinski definition) is 3. The first-order valence-electron chi connectivity index (χ1n) is 5.55. The van der Waals surface area contributed by atoms with Crippen molar-refractivity contribution in [3.63, 3.8) is 0 Å². The minimum absolute atomic E-state index is 0.308. The van der Waals surface area contributed by atoms with Crippen LogP contribution >= 0.6 is 0 Å². The molecule has 88 valence electrons. The Hall–Kier alpha value is -1.29. The van der Waals surface area contributed by atoms with E-state index in [4.69, 9.17) is 5.73 Å². The number of piperidine rings is 1. The standard InChI is InChI=1S/C12H17FN2O/c1-8-2-3-15(7-12(8)16)11-5-9(13)4-10(14)6-11/h4-6,8,12,16H,2-3,7,14H2,1H3. The molecule has 0 amide bonds. The Morgan fingerprint density at radius 1 is 1.44 bits per heavy atom. The smallest absolute Gasteiger partial charge is 0.127 e. The van der Waals surface area contributed by atoms with E-state index in [0.29, 0.717) is 18.2 Å². The number of halogens is 1. The molecule has 2 rings (SSSR count). The van der Waals surface area contributed by atoms with Gasteiger partial charge in [0.2, 0.25) is 0 Å². The number of nitrogens with zero attached hydrogens (tertiary/aromatic N) is 1. The third kappa shape index (κ3) is 2.27. The zero-order valence-corrected chi connectivity index (χ0v) is 9.36. The van der Waals surface area contributed by atoms with Crippen molar-refractivity contribution in [2.45, 2.75) is 19.4 Å². The fourth-order valence-electron chi connectivity index (χ4n) is 2.06. The van der Waals surface area contributed by atoms with Crippen LogP contribution in [0.1, 0.15) is 13.3 Å². The number of hydrogen-bond donors (Lipinski definition) is 2. The van der Waals surface area contributed by atoms with Gasteiger partial charge in [-0.15, -0.1) is 0 Å². The highest BCUT2D eigenvalue weighted by atomic mass is 19.1. The van der Waals surface area contributed by atoms with Gasteiger partial charge in [0.05, 0.1) is 6.10 Å². The minimum atomic E-state index is -0.349. The van der Waals surface area contributed by atoms with Gasteiger partial charge in [0.25, 0.3) is 0 Å². The van der Waals surface area contributed by atoms with E-state index in [1.807, 2.05) is 11.8 Å². The predicted molar refractivity (Wildman–Crippen MR) is 62.8 cm³/mol. The Balaban J connectivity index is 2.18. The van der Waals surface area contributed by atoms with Gasteiger partial charge in [0, 0.05) is 24.5 Å². The minimum Gasteiger partial charge on any atom is -0.399 e. The number of aliphatic hydroxyl groups is 1. The largest absolute Gasteiger partial charge is 0.399 e. The van der Waals surface area contributed by atoms with Gasteiger partial charge in [-0.05, 0) is 30.5 Å². The molecule has 1 saturated heterocycles. The second-order valence-corrected chi connectivity index (χ2v) is 4.52. The van der Waals surface area contributed by atoms with Crippen LogP contribution in [0, 0.1) is 11.7 Å². The second kappa shape index (κ2) is 4.29. The molecule has 0 spiro atoms. The number of β-amino-alcohol motifs (C(OH)–C–C–N with tert-alkyl or cyclic N) is 1. The van der Waals surface area contributed by atoms with Crippen molar-refractivity contribution in [1.82, 2.24) is 0 Å². The molecule has 1 aliphatic rings. The van der Waals surface area contributed by atoms with E-state index in [-0.39, 0.29) is 11.9 Å². The maximum absolute atomic E-state index is 13.2. The molecule has 0 aromatic heterocycles. The molecule has 3 nitrogen and oxygen atoms in total. The van der Waals surface area contributed by atoms with Gasteiger partial charge >= 0.3 is 0 Å². The third-order valence-electron chi connectivity index (χ3n) is 3.19. The van der Waals surface area contributed by atoms with Crippen LogP contribution in [-0.2, 0) is 0 Å². The first kappa shape index (κ1) is 11.2. The van der Waals surface area contributed by atoms with Crippen LogP contribution in [0.3, 0.4) is 0 Å². The van der Waals surface area contributed by atoms with Crippen molar-refractivity contribution in [1.29, 1.82) is 0 Å². The van der Waals surface area contributed by atoms with E-state index < -0.39 is 0 Å². The number of nitrogens with two attached hydrogens (primary N) is 1. The molecular formula is C12H17FN2O. The van der Waals surface area contributed by atoms with Crippen molar-refractivity contribution < 1.29 is 9.50 Å². The monoisotopic (exact) mass is 224 g/mol. The molecule has 4 heteroatoms. The Morgan fingerprint density at radius 2 is 2.19 bits per heavy atom. The Kier molecular flexibility index (Phi) is 3.01. The SMILES string of the molecule is CC1CCN(c2cc(N)cc(F)c2)CC1O. The van der Waals surface area contributed by atoms with E-state index in [1.54, 1.807) is 6.07 Å². The Bertz CT molecular complexity index is 363. The summed E-state index contributed by atoms with van der Waals surface area (Å²) in [5, 5.41) is 9.78. The molecule has 16 heavy (non-hydrogen) atoms. The molecule has 0 bridgehead atoms. The van der Waals surface area contributed by atoms with Gasteiger partial charge in [0.15, 0.2) is 0 Å². The van der Waals surface area contributed by atoms with Crippen molar-refractivity contribution in [3.05, 3.63) is 24.0 Å². The molecule has 1 heterocycles. The number of aliphatic hydroxyl groups excluding tert-OH is 1. The quantitative estimate of drug-likeness (QED) is 0.713. The lowest BCUT2D eigenvalue weighted by molar-refractivity contribution is 0.103. The van der Waals surface area contributed by atoms with Crippen LogP contribution in [0.5, 0.6) is 0 Å². The Morgan fingerprint density at radius 3 is 2.81 bits per heavy atom. The lowest BCUT2D eigenvalue weighted by Crippen LogP contribution is -2.42. The molecule has 1 aromatic rings. The summed E-state index contributed by atoms with van der Waals surface area (Å²) in [5.74, 6) is -0.0229. The molecule has 2 unspecified atom stereocenters. The normalized spacial score (nSPS) is 25.8. The van der Waals surface area contributed by atoms with Crippen LogP contribution < -0.4 is 10.6 Å². The van der Waals surface area contributed by atoms with Crippen LogP contribution in [0.4, 0.5) is 15.8 Å². The summed E-state index contributed by atoms with van der Waals surface area (Å²) >= 11 is 0. The van der Waals surface area contributed by atoms with Gasteiger partial charge in [-0.1, -0.05) is 6.92 Å². The number of nitrogen functional groups attached to an aromatic ring is 1. The van der Waals surface area contributed by atoms with Crippen molar-refractivity contribution in [2.75, 3.05) is 23.7 Å². The first-order chi connectivity index (χ1) is 7.56. The molecule has 0 saturated carbocycles. The summed E-state index contributed by atoms with van der Waals surface area (Å²) in [4.78, 5) is 1.98. The molecule has 2 atom stereocenters. The van der Waals surface area contributed by atoms with E-state index in [2.05, 4.69) is 0 Å². The zero-order chi connectivity index (χ0) is 11.7. The lowest BCUT2D eigenvalue weighted by Gasteiger charge is -2.35. The number of anilines is 2. The fraction of sp³-hybridized carbons (Fsp3) is 0.500. The molecule has 0 aliphatic carbocycles. The highest BCUT2D eigenvalue weighted by molar-refractivity contribution is 5.56. The summed E-state index contributed by atoms with van der Waals surface area (Å²) in [7, 11) is 0. The Labute approximate surface area is 94.7 Å². The van der Waals surface area contributed by atoms with Crippen molar-refractivity contribution in [3.8, 4) is 0 Å². The van der Waals surface area contributed by atoms with Crippen molar-refractivity contribution >= 4 is 11.4 Å². The summed E-state index contributed by atoms with van der Waals surface area (Å²) in [6.45, 7) is 3.41. The van der Waals surface area contributed by atoms with Gasteiger partial charge in [-0.3, -0.25) is 0 Å². The summed E-state index contributed by atoms with van der Waals surface area (Å²) in [6, 6.07) is 4.50. The highest BCUT2D eigenvalue weighted by Crippen LogP contribution is 2.25. The fourth-order valence-corrected chi connectivity index (χ4v) is 2.06. The summed E-state index contributed by atoms with van der Waals surface area (Å²) in [5.41, 5.74) is 6.77. The second-order valence-electron chi connectivity index (χ2n) is 4.52. The maximum Gasteiger partial charge on any atom is 0.127 e. The van der Waals surface area contributed by atoms with Crippen LogP contribution in [0.25, 0.3) is 0 Å². The molecule has 3 N–H and O–H groups in total.